The van der Waals surface area contributed by atoms with Crippen LogP contribution in [0.3, 0.4) is 0 Å². The summed E-state index contributed by atoms with van der Waals surface area (Å²) in [5, 5.41) is 54.1. The van der Waals surface area contributed by atoms with E-state index in [0.717, 1.165) is 0 Å². The molecule has 118 valence electrons. The smallest absolute Gasteiger partial charge is 0.475 e. The van der Waals surface area contributed by atoms with Gasteiger partial charge in [0.2, 0.25) is 5.76 Å². The molecule has 0 aromatic heterocycles. The lowest BCUT2D eigenvalue weighted by atomic mass is 10.0. The van der Waals surface area contributed by atoms with Crippen molar-refractivity contribution in [1.82, 2.24) is 0 Å². The number of rotatable bonds is 8. The van der Waals surface area contributed by atoms with Crippen LogP contribution in [0.25, 0.3) is 0 Å². The van der Waals surface area contributed by atoms with Crippen molar-refractivity contribution in [3.63, 3.8) is 0 Å². The van der Waals surface area contributed by atoms with Crippen LogP contribution >= 0.6 is 7.82 Å². The highest BCUT2D eigenvalue weighted by atomic mass is 31.2. The zero-order valence-corrected chi connectivity index (χ0v) is 10.7. The normalized spacial score (nSPS) is 19.1. The van der Waals surface area contributed by atoms with Gasteiger partial charge in [-0.2, -0.15) is 0 Å². The molecule has 0 bridgehead atoms. The SMILES string of the molecule is O=C(O)/C(=C/[C@@H](O)[C@@H](O)[C@H](O)[C@H](O)CO)OP(=O)(O)O. The fourth-order valence-corrected chi connectivity index (χ4v) is 1.46. The highest BCUT2D eigenvalue weighted by Crippen LogP contribution is 2.39. The van der Waals surface area contributed by atoms with Crippen LogP contribution < -0.4 is 0 Å². The average molecular weight is 318 g/mol. The van der Waals surface area contributed by atoms with Gasteiger partial charge in [0.1, 0.15) is 24.4 Å². The zero-order chi connectivity index (χ0) is 16.1. The van der Waals surface area contributed by atoms with Crippen LogP contribution in [0.2, 0.25) is 0 Å². The van der Waals surface area contributed by atoms with Crippen molar-refractivity contribution in [2.75, 3.05) is 6.61 Å². The highest BCUT2D eigenvalue weighted by Gasteiger charge is 2.31. The van der Waals surface area contributed by atoms with E-state index >= 15 is 0 Å². The van der Waals surface area contributed by atoms with Gasteiger partial charge in [0.25, 0.3) is 0 Å². The van der Waals surface area contributed by atoms with E-state index in [9.17, 15) is 24.7 Å². The van der Waals surface area contributed by atoms with E-state index in [0.29, 0.717) is 0 Å². The second-order valence-electron chi connectivity index (χ2n) is 3.64. The average Bonchev–Trinajstić information content (AvgIpc) is 2.33. The van der Waals surface area contributed by atoms with E-state index in [1.807, 2.05) is 0 Å². The lowest BCUT2D eigenvalue weighted by Crippen LogP contribution is -2.45. The largest absolute Gasteiger partial charge is 0.525 e. The van der Waals surface area contributed by atoms with Gasteiger partial charge < -0.3 is 35.2 Å². The third-order valence-electron chi connectivity index (χ3n) is 2.03. The number of aliphatic hydroxyl groups is 5. The van der Waals surface area contributed by atoms with Crippen LogP contribution in [-0.2, 0) is 13.9 Å². The summed E-state index contributed by atoms with van der Waals surface area (Å²) in [4.78, 5) is 27.5. The number of aliphatic hydroxyl groups excluding tert-OH is 5. The molecule has 0 aromatic rings. The third kappa shape index (κ3) is 6.41. The summed E-state index contributed by atoms with van der Waals surface area (Å²) >= 11 is 0. The Morgan fingerprint density at radius 3 is 2.00 bits per heavy atom. The maximum absolute atomic E-state index is 10.6. The van der Waals surface area contributed by atoms with Gasteiger partial charge in [0, 0.05) is 0 Å². The van der Waals surface area contributed by atoms with Crippen LogP contribution in [0.5, 0.6) is 0 Å². The quantitative estimate of drug-likeness (QED) is 0.125. The zero-order valence-electron chi connectivity index (χ0n) is 9.84. The minimum atomic E-state index is -5.20. The Morgan fingerprint density at radius 2 is 1.65 bits per heavy atom. The number of hydrogen-bond donors (Lipinski definition) is 8. The lowest BCUT2D eigenvalue weighted by Gasteiger charge is -2.24. The first kappa shape index (κ1) is 19.0. The molecule has 20 heavy (non-hydrogen) atoms. The van der Waals surface area contributed by atoms with Gasteiger partial charge in [-0.05, 0) is 6.08 Å². The van der Waals surface area contributed by atoms with Crippen LogP contribution in [0.1, 0.15) is 0 Å². The summed E-state index contributed by atoms with van der Waals surface area (Å²) in [5.41, 5.74) is 0. The van der Waals surface area contributed by atoms with Crippen LogP contribution in [0.4, 0.5) is 0 Å². The number of carboxylic acid groups (broad SMARTS) is 1. The summed E-state index contributed by atoms with van der Waals surface area (Å²) < 4.78 is 14.2. The van der Waals surface area contributed by atoms with E-state index in [1.165, 1.54) is 0 Å². The van der Waals surface area contributed by atoms with Crippen molar-refractivity contribution in [2.24, 2.45) is 0 Å². The molecule has 0 aliphatic heterocycles. The van der Waals surface area contributed by atoms with Crippen molar-refractivity contribution < 1.29 is 54.3 Å². The second kappa shape index (κ2) is 7.67. The summed E-state index contributed by atoms with van der Waals surface area (Å²) in [6.45, 7) is -0.945. The minimum absolute atomic E-state index is 0.222. The van der Waals surface area contributed by atoms with E-state index < -0.39 is 50.6 Å². The highest BCUT2D eigenvalue weighted by molar-refractivity contribution is 7.46. The number of phosphoric acid groups is 1. The first-order valence-electron chi connectivity index (χ1n) is 5.03. The van der Waals surface area contributed by atoms with Gasteiger partial charge in [0.05, 0.1) is 6.61 Å². The molecule has 0 saturated carbocycles. The topological polar surface area (TPSA) is 205 Å². The van der Waals surface area contributed by atoms with E-state index in [4.69, 9.17) is 25.1 Å². The van der Waals surface area contributed by atoms with E-state index in [1.54, 1.807) is 0 Å². The molecular weight excluding hydrogens is 303 g/mol. The van der Waals surface area contributed by atoms with Gasteiger partial charge in [0.15, 0.2) is 0 Å². The molecule has 11 nitrogen and oxygen atoms in total. The molecule has 0 heterocycles. The Bertz CT molecular complexity index is 401. The standard InChI is InChI=1S/C8H15O11P/c9-2-4(11)7(13)6(12)3(10)1-5(8(14)15)19-20(16,17)18/h1,3-4,6-7,9-13H,2H2,(H,14,15)(H2,16,17,18)/b5-1-/t3-,4-,6-,7-/m1/s1. The predicted octanol–water partition coefficient (Wildman–Crippen LogP) is -3.50. The van der Waals surface area contributed by atoms with Gasteiger partial charge in [-0.1, -0.05) is 0 Å². The van der Waals surface area contributed by atoms with Crippen molar-refractivity contribution in [3.05, 3.63) is 11.8 Å². The Hall–Kier alpha value is -1.04. The molecule has 12 heteroatoms. The first-order chi connectivity index (χ1) is 8.99. The monoisotopic (exact) mass is 318 g/mol. The summed E-state index contributed by atoms with van der Waals surface area (Å²) in [7, 11) is -5.20. The number of carbonyl (C=O) groups is 1. The predicted molar refractivity (Wildman–Crippen MR) is 60.0 cm³/mol. The molecule has 0 aliphatic carbocycles. The molecule has 0 unspecified atom stereocenters. The minimum Gasteiger partial charge on any atom is -0.475 e. The van der Waals surface area contributed by atoms with Gasteiger partial charge in [-0.15, -0.1) is 0 Å². The maximum Gasteiger partial charge on any atom is 0.525 e. The van der Waals surface area contributed by atoms with Crippen LogP contribution in [0, 0.1) is 0 Å². The molecule has 0 rings (SSSR count). The van der Waals surface area contributed by atoms with Crippen molar-refractivity contribution in [1.29, 1.82) is 0 Å². The number of phosphoric ester groups is 1. The van der Waals surface area contributed by atoms with Crippen molar-refractivity contribution >= 4 is 13.8 Å². The van der Waals surface area contributed by atoms with Crippen LogP contribution in [-0.4, -0.2) is 77.4 Å². The molecule has 0 amide bonds. The van der Waals surface area contributed by atoms with Gasteiger partial charge >= 0.3 is 13.8 Å². The number of carboxylic acids is 1. The molecule has 0 saturated heterocycles. The summed E-state index contributed by atoms with van der Waals surface area (Å²) in [5.74, 6) is -3.31. The van der Waals surface area contributed by atoms with Gasteiger partial charge in [-0.25, -0.2) is 9.36 Å². The Balaban J connectivity index is 5.05. The maximum atomic E-state index is 10.6. The summed E-state index contributed by atoms with van der Waals surface area (Å²) in [6.07, 6.45) is -7.89. The molecule has 0 spiro atoms. The third-order valence-corrected chi connectivity index (χ3v) is 2.47. The molecular formula is C8H15O11P. The lowest BCUT2D eigenvalue weighted by molar-refractivity contribution is -0.135. The molecule has 4 atom stereocenters. The van der Waals surface area contributed by atoms with E-state index in [2.05, 4.69) is 4.52 Å². The Kier molecular flexibility index (Phi) is 7.27. The fourth-order valence-electron chi connectivity index (χ4n) is 1.06. The fraction of sp³-hybridized carbons (Fsp3) is 0.625. The Labute approximate surface area is 112 Å². The summed E-state index contributed by atoms with van der Waals surface area (Å²) in [6, 6.07) is 0. The van der Waals surface area contributed by atoms with E-state index in [-0.39, 0.29) is 6.08 Å². The first-order valence-corrected chi connectivity index (χ1v) is 6.56. The second-order valence-corrected chi connectivity index (χ2v) is 4.80. The van der Waals surface area contributed by atoms with Crippen LogP contribution in [0.15, 0.2) is 11.8 Å². The molecule has 0 aromatic carbocycles. The Morgan fingerprint density at radius 1 is 1.15 bits per heavy atom. The molecule has 0 aliphatic rings. The van der Waals surface area contributed by atoms with Crippen molar-refractivity contribution in [2.45, 2.75) is 24.4 Å². The molecule has 0 fully saturated rings. The molecule has 0 radical (unpaired) electrons. The number of aliphatic carboxylic acids is 1. The van der Waals surface area contributed by atoms with Crippen molar-refractivity contribution in [3.8, 4) is 0 Å². The molecule has 8 N–H and O–H groups in total. The number of hydrogen-bond acceptors (Lipinski definition) is 8. The van der Waals surface area contributed by atoms with Gasteiger partial charge in [-0.3, -0.25) is 9.79 Å².